The molecule has 0 atom stereocenters. The molecule has 0 unspecified atom stereocenters. The lowest BCUT2D eigenvalue weighted by atomic mass is 9.92. The molecule has 2 aromatic heterocycles. The molecule has 0 aliphatic heterocycles. The maximum absolute atomic E-state index is 3.71. The van der Waals surface area contributed by atoms with Crippen molar-refractivity contribution >= 4 is 74.9 Å². The first kappa shape index (κ1) is 18.3. The lowest BCUT2D eigenvalue weighted by molar-refractivity contribution is 1.55. The Morgan fingerprint density at radius 1 is 0.441 bits per heavy atom. The molecule has 158 valence electrons. The van der Waals surface area contributed by atoms with Crippen LogP contribution in [0.1, 0.15) is 0 Å². The van der Waals surface area contributed by atoms with Crippen molar-refractivity contribution < 1.29 is 0 Å². The lowest BCUT2D eigenvalue weighted by Gasteiger charge is -2.10. The van der Waals surface area contributed by atoms with E-state index in [-0.39, 0.29) is 0 Å². The highest BCUT2D eigenvalue weighted by molar-refractivity contribution is 7.28. The largest absolute Gasteiger partial charge is 0.354 e. The highest BCUT2D eigenvalue weighted by Gasteiger charge is 2.21. The zero-order chi connectivity index (χ0) is 22.2. The van der Waals surface area contributed by atoms with Crippen LogP contribution in [0.3, 0.4) is 0 Å². The highest BCUT2D eigenvalue weighted by Crippen LogP contribution is 2.50. The number of rotatable bonds is 1. The summed E-state index contributed by atoms with van der Waals surface area (Å²) in [6.07, 6.45) is 0. The van der Waals surface area contributed by atoms with E-state index in [1.807, 2.05) is 11.3 Å². The van der Waals surface area contributed by atoms with Crippen molar-refractivity contribution in [3.63, 3.8) is 0 Å². The molecule has 8 rings (SSSR count). The summed E-state index contributed by atoms with van der Waals surface area (Å²) >= 11 is 1.94. The molecule has 0 saturated heterocycles. The van der Waals surface area contributed by atoms with Gasteiger partial charge in [-0.1, -0.05) is 97.1 Å². The summed E-state index contributed by atoms with van der Waals surface area (Å²) in [4.78, 5) is 3.71. The summed E-state index contributed by atoms with van der Waals surface area (Å²) in [6.45, 7) is 0. The number of fused-ring (bicyclic) bond motifs is 12. The minimum absolute atomic E-state index is 1.19. The molecule has 6 aromatic carbocycles. The van der Waals surface area contributed by atoms with Crippen molar-refractivity contribution in [3.05, 3.63) is 109 Å². The van der Waals surface area contributed by atoms with E-state index in [4.69, 9.17) is 0 Å². The van der Waals surface area contributed by atoms with Crippen LogP contribution in [0.5, 0.6) is 0 Å². The van der Waals surface area contributed by atoms with Crippen molar-refractivity contribution in [1.82, 2.24) is 4.98 Å². The predicted molar refractivity (Wildman–Crippen MR) is 149 cm³/mol. The van der Waals surface area contributed by atoms with E-state index >= 15 is 0 Å². The summed E-state index contributed by atoms with van der Waals surface area (Å²) in [7, 11) is 0. The van der Waals surface area contributed by atoms with Crippen molar-refractivity contribution in [3.8, 4) is 11.1 Å². The number of nitrogens with one attached hydrogen (secondary N) is 1. The summed E-state index contributed by atoms with van der Waals surface area (Å²) < 4.78 is 2.74. The van der Waals surface area contributed by atoms with Crippen molar-refractivity contribution in [2.45, 2.75) is 0 Å². The Hall–Kier alpha value is -4.14. The third kappa shape index (κ3) is 2.33. The molecule has 0 bridgehead atoms. The lowest BCUT2D eigenvalue weighted by Crippen LogP contribution is -1.83. The molecule has 0 saturated carbocycles. The zero-order valence-electron chi connectivity index (χ0n) is 18.3. The molecule has 1 N–H and O–H groups in total. The highest BCUT2D eigenvalue weighted by atomic mass is 32.1. The van der Waals surface area contributed by atoms with Crippen LogP contribution in [0.15, 0.2) is 109 Å². The summed E-state index contributed by atoms with van der Waals surface area (Å²) in [5, 5.41) is 10.7. The van der Waals surface area contributed by atoms with E-state index in [1.54, 1.807) is 0 Å². The Labute approximate surface area is 199 Å². The van der Waals surface area contributed by atoms with Crippen LogP contribution in [0.25, 0.3) is 74.6 Å². The van der Waals surface area contributed by atoms with Gasteiger partial charge in [0, 0.05) is 47.4 Å². The number of hydrogen-bond donors (Lipinski definition) is 1. The third-order valence-electron chi connectivity index (χ3n) is 7.17. The molecule has 0 fully saturated rings. The van der Waals surface area contributed by atoms with Gasteiger partial charge < -0.3 is 4.98 Å². The summed E-state index contributed by atoms with van der Waals surface area (Å²) in [6, 6.07) is 39.6. The Kier molecular flexibility index (Phi) is 3.60. The van der Waals surface area contributed by atoms with Crippen LogP contribution in [-0.2, 0) is 0 Å². The first-order chi connectivity index (χ1) is 16.9. The third-order valence-corrected chi connectivity index (χ3v) is 8.41. The van der Waals surface area contributed by atoms with Gasteiger partial charge in [0.05, 0.1) is 0 Å². The quantitative estimate of drug-likeness (QED) is 0.240. The Morgan fingerprint density at radius 3 is 1.85 bits per heavy atom. The topological polar surface area (TPSA) is 15.8 Å². The van der Waals surface area contributed by atoms with Crippen LogP contribution < -0.4 is 0 Å². The van der Waals surface area contributed by atoms with Crippen LogP contribution in [0, 0.1) is 0 Å². The molecule has 2 heteroatoms. The van der Waals surface area contributed by atoms with Gasteiger partial charge in [-0.25, -0.2) is 0 Å². The Balaban J connectivity index is 1.74. The van der Waals surface area contributed by atoms with E-state index in [2.05, 4.69) is 114 Å². The average molecular weight is 450 g/mol. The van der Waals surface area contributed by atoms with Crippen LogP contribution in [-0.4, -0.2) is 4.98 Å². The van der Waals surface area contributed by atoms with E-state index in [0.29, 0.717) is 0 Å². The van der Waals surface area contributed by atoms with Gasteiger partial charge in [-0.05, 0) is 39.4 Å². The van der Waals surface area contributed by atoms with Crippen LogP contribution in [0.4, 0.5) is 0 Å². The molecular weight excluding hydrogens is 430 g/mol. The second-order valence-corrected chi connectivity index (χ2v) is 10.0. The Morgan fingerprint density at radius 2 is 1.06 bits per heavy atom. The van der Waals surface area contributed by atoms with E-state index in [1.165, 1.54) is 74.6 Å². The summed E-state index contributed by atoms with van der Waals surface area (Å²) in [5.41, 5.74) is 4.94. The molecule has 8 aromatic rings. The molecule has 34 heavy (non-hydrogen) atoms. The van der Waals surface area contributed by atoms with E-state index in [9.17, 15) is 0 Å². The molecule has 0 radical (unpaired) electrons. The predicted octanol–water partition coefficient (Wildman–Crippen LogP) is 9.66. The maximum atomic E-state index is 3.71. The van der Waals surface area contributed by atoms with Gasteiger partial charge in [0.25, 0.3) is 0 Å². The fraction of sp³-hybridized carbons (Fsp3) is 0. The smallest absolute Gasteiger partial charge is 0.0485 e. The monoisotopic (exact) mass is 449 g/mol. The minimum atomic E-state index is 1.19. The number of hydrogen-bond acceptors (Lipinski definition) is 1. The van der Waals surface area contributed by atoms with Gasteiger partial charge >= 0.3 is 0 Å². The van der Waals surface area contributed by atoms with Gasteiger partial charge in [0.15, 0.2) is 0 Å². The Bertz CT molecular complexity index is 2060. The van der Waals surface area contributed by atoms with E-state index in [0.717, 1.165) is 0 Å². The van der Waals surface area contributed by atoms with Gasteiger partial charge in [-0.3, -0.25) is 0 Å². The summed E-state index contributed by atoms with van der Waals surface area (Å²) in [5.74, 6) is 0. The molecule has 0 amide bonds. The SMILES string of the molecule is c1ccc(-c2cc3[nH]c4ccccc4c3c3sc4c5ccccc5c5ccccc5c4c23)cc1. The minimum Gasteiger partial charge on any atom is -0.354 e. The van der Waals surface area contributed by atoms with Gasteiger partial charge in [0.2, 0.25) is 0 Å². The second kappa shape index (κ2) is 6.69. The van der Waals surface area contributed by atoms with Crippen LogP contribution >= 0.6 is 11.3 Å². The normalized spacial score (nSPS) is 12.1. The number of H-pyrrole nitrogens is 1. The molecule has 0 spiro atoms. The maximum Gasteiger partial charge on any atom is 0.0485 e. The first-order valence-electron chi connectivity index (χ1n) is 11.6. The second-order valence-electron chi connectivity index (χ2n) is 8.98. The number of thiophene rings is 1. The van der Waals surface area contributed by atoms with Crippen molar-refractivity contribution in [1.29, 1.82) is 0 Å². The fourth-order valence-corrected chi connectivity index (χ4v) is 7.18. The van der Waals surface area contributed by atoms with Gasteiger partial charge in [0.1, 0.15) is 0 Å². The number of aromatic amines is 1. The number of para-hydroxylation sites is 1. The van der Waals surface area contributed by atoms with Crippen molar-refractivity contribution in [2.75, 3.05) is 0 Å². The number of benzene rings is 6. The molecule has 1 nitrogen and oxygen atoms in total. The first-order valence-corrected chi connectivity index (χ1v) is 12.4. The van der Waals surface area contributed by atoms with Crippen LogP contribution in [0.2, 0.25) is 0 Å². The number of aromatic nitrogens is 1. The fourth-order valence-electron chi connectivity index (χ4n) is 5.74. The van der Waals surface area contributed by atoms with Gasteiger partial charge in [-0.2, -0.15) is 0 Å². The average Bonchev–Trinajstić information content (AvgIpc) is 3.48. The molecular formula is C32H19NS. The molecule has 0 aliphatic carbocycles. The molecule has 2 heterocycles. The van der Waals surface area contributed by atoms with Crippen molar-refractivity contribution in [2.24, 2.45) is 0 Å². The zero-order valence-corrected chi connectivity index (χ0v) is 19.1. The van der Waals surface area contributed by atoms with Gasteiger partial charge in [-0.15, -0.1) is 11.3 Å². The standard InChI is InChI=1S/C32H19NS/c1-2-10-19(11-3-1)25-18-27-28(24-16-8-9-17-26(24)33-27)32-30(25)29-22-14-6-4-12-20(22)21-13-5-7-15-23(21)31(29)34-32/h1-18,33H. The molecule has 0 aliphatic rings. The van der Waals surface area contributed by atoms with E-state index < -0.39 is 0 Å².